The van der Waals surface area contributed by atoms with Crippen LogP contribution in [0.2, 0.25) is 0 Å². The predicted octanol–water partition coefficient (Wildman–Crippen LogP) is 6.06. The number of rotatable bonds is 16. The molecule has 0 bridgehead atoms. The molecule has 0 radical (unpaired) electrons. The number of halogens is 2. The van der Waals surface area contributed by atoms with Gasteiger partial charge in [-0.2, -0.15) is 8.78 Å². The normalized spacial score (nSPS) is 21.2. The van der Waals surface area contributed by atoms with E-state index in [2.05, 4.69) is 0 Å². The number of hydrogen-bond donors (Lipinski definition) is 1. The fourth-order valence-corrected chi connectivity index (χ4v) is 4.76. The number of ketones is 2. The van der Waals surface area contributed by atoms with Gasteiger partial charge in [-0.05, 0) is 36.7 Å². The van der Waals surface area contributed by atoms with E-state index in [4.69, 9.17) is 4.74 Å². The van der Waals surface area contributed by atoms with Gasteiger partial charge in [0.15, 0.2) is 0 Å². The molecule has 2 rings (SSSR count). The van der Waals surface area contributed by atoms with Gasteiger partial charge in [0.1, 0.15) is 12.4 Å². The minimum absolute atomic E-state index is 0.0278. The summed E-state index contributed by atoms with van der Waals surface area (Å²) in [7, 11) is 0. The van der Waals surface area contributed by atoms with Crippen LogP contribution in [0, 0.1) is 17.8 Å². The molecule has 0 heterocycles. The molecule has 5 nitrogen and oxygen atoms in total. The number of esters is 1. The van der Waals surface area contributed by atoms with Gasteiger partial charge in [-0.1, -0.05) is 69.9 Å². The van der Waals surface area contributed by atoms with Gasteiger partial charge < -0.3 is 9.84 Å². The van der Waals surface area contributed by atoms with Gasteiger partial charge in [-0.25, -0.2) is 0 Å². The summed E-state index contributed by atoms with van der Waals surface area (Å²) in [6.07, 6.45) is 3.05. The summed E-state index contributed by atoms with van der Waals surface area (Å²) in [6.45, 7) is 3.78. The zero-order valence-corrected chi connectivity index (χ0v) is 21.0. The maximum Gasteiger partial charge on any atom is 0.306 e. The van der Waals surface area contributed by atoms with E-state index in [0.29, 0.717) is 25.7 Å². The van der Waals surface area contributed by atoms with E-state index in [9.17, 15) is 28.3 Å². The Balaban J connectivity index is 1.67. The molecule has 0 spiro atoms. The van der Waals surface area contributed by atoms with Crippen molar-refractivity contribution in [1.29, 1.82) is 0 Å². The van der Waals surface area contributed by atoms with E-state index in [0.717, 1.165) is 24.8 Å². The van der Waals surface area contributed by atoms with E-state index in [-0.39, 0.29) is 43.5 Å². The SMILES string of the molecule is CC[C@@H](C)CC(F)(F)C(=O)CC[C@H]1[C@H](O)CC(=O)[C@@H]1CCCCCCC(=O)OCc1ccccc1. The van der Waals surface area contributed by atoms with Crippen molar-refractivity contribution < 1.29 is 33.0 Å². The second-order valence-electron chi connectivity index (χ2n) is 9.99. The molecule has 4 atom stereocenters. The van der Waals surface area contributed by atoms with Gasteiger partial charge in [-0.15, -0.1) is 0 Å². The first-order chi connectivity index (χ1) is 16.6. The Morgan fingerprint density at radius 2 is 1.77 bits per heavy atom. The highest BCUT2D eigenvalue weighted by atomic mass is 19.3. The van der Waals surface area contributed by atoms with E-state index >= 15 is 0 Å². The third-order valence-electron chi connectivity index (χ3n) is 7.14. The van der Waals surface area contributed by atoms with Crippen LogP contribution in [-0.4, -0.2) is 34.7 Å². The van der Waals surface area contributed by atoms with Gasteiger partial charge in [0, 0.05) is 31.6 Å². The lowest BCUT2D eigenvalue weighted by Crippen LogP contribution is -2.32. The van der Waals surface area contributed by atoms with Crippen LogP contribution in [0.3, 0.4) is 0 Å². The van der Waals surface area contributed by atoms with Gasteiger partial charge in [0.05, 0.1) is 6.10 Å². The number of aliphatic hydroxyl groups is 1. The first kappa shape index (κ1) is 29.1. The smallest absolute Gasteiger partial charge is 0.306 e. The minimum Gasteiger partial charge on any atom is -0.461 e. The second-order valence-corrected chi connectivity index (χ2v) is 9.99. The molecule has 1 aromatic carbocycles. The molecule has 0 amide bonds. The van der Waals surface area contributed by atoms with Gasteiger partial charge in [0.25, 0.3) is 0 Å². The Hall–Kier alpha value is -2.15. The summed E-state index contributed by atoms with van der Waals surface area (Å²) in [5, 5.41) is 10.3. The number of ether oxygens (including phenoxy) is 1. The number of Topliss-reactive ketones (excluding diaryl/α,β-unsaturated/α-hetero) is 2. The average molecular weight is 495 g/mol. The van der Waals surface area contributed by atoms with Crippen molar-refractivity contribution in [2.75, 3.05) is 0 Å². The Morgan fingerprint density at radius 3 is 2.46 bits per heavy atom. The average Bonchev–Trinajstić information content (AvgIpc) is 3.10. The summed E-state index contributed by atoms with van der Waals surface area (Å²) in [5.41, 5.74) is 0.944. The van der Waals surface area contributed by atoms with Crippen molar-refractivity contribution in [3.63, 3.8) is 0 Å². The summed E-state index contributed by atoms with van der Waals surface area (Å²) < 4.78 is 33.7. The summed E-state index contributed by atoms with van der Waals surface area (Å²) >= 11 is 0. The molecule has 196 valence electrons. The highest BCUT2D eigenvalue weighted by molar-refractivity contribution is 5.86. The molecule has 1 fully saturated rings. The van der Waals surface area contributed by atoms with Crippen molar-refractivity contribution in [3.8, 4) is 0 Å². The molecule has 0 unspecified atom stereocenters. The fraction of sp³-hybridized carbons (Fsp3) is 0.679. The lowest BCUT2D eigenvalue weighted by Gasteiger charge is -2.23. The molecule has 7 heteroatoms. The van der Waals surface area contributed by atoms with Crippen molar-refractivity contribution in [2.24, 2.45) is 17.8 Å². The quantitative estimate of drug-likeness (QED) is 0.223. The molecule has 35 heavy (non-hydrogen) atoms. The van der Waals surface area contributed by atoms with E-state index < -0.39 is 36.1 Å². The number of alkyl halides is 2. The van der Waals surface area contributed by atoms with Gasteiger partial charge >= 0.3 is 11.9 Å². The molecule has 1 saturated carbocycles. The number of carbonyl (C=O) groups is 3. The van der Waals surface area contributed by atoms with Crippen molar-refractivity contribution in [3.05, 3.63) is 35.9 Å². The van der Waals surface area contributed by atoms with E-state index in [1.807, 2.05) is 37.3 Å². The van der Waals surface area contributed by atoms with E-state index in [1.165, 1.54) is 0 Å². The monoisotopic (exact) mass is 494 g/mol. The molecule has 0 aromatic heterocycles. The molecule has 1 aliphatic carbocycles. The highest BCUT2D eigenvalue weighted by Gasteiger charge is 2.43. The first-order valence-corrected chi connectivity index (χ1v) is 13.0. The van der Waals surface area contributed by atoms with Gasteiger partial charge in [-0.3, -0.25) is 14.4 Å². The zero-order chi connectivity index (χ0) is 25.8. The Labute approximate surface area is 207 Å². The number of unbranched alkanes of at least 4 members (excludes halogenated alkanes) is 3. The van der Waals surface area contributed by atoms with Crippen LogP contribution in [0.5, 0.6) is 0 Å². The molecule has 0 saturated heterocycles. The van der Waals surface area contributed by atoms with Crippen LogP contribution in [0.1, 0.15) is 90.0 Å². The lowest BCUT2D eigenvalue weighted by molar-refractivity contribution is -0.146. The van der Waals surface area contributed by atoms with Crippen LogP contribution < -0.4 is 0 Å². The first-order valence-electron chi connectivity index (χ1n) is 13.0. The Bertz CT molecular complexity index is 811. The molecule has 1 N–H and O–H groups in total. The molecule has 0 aliphatic heterocycles. The minimum atomic E-state index is -3.36. The maximum absolute atomic E-state index is 14.2. The lowest BCUT2D eigenvalue weighted by atomic mass is 9.84. The predicted molar refractivity (Wildman–Crippen MR) is 130 cm³/mol. The van der Waals surface area contributed by atoms with Crippen molar-refractivity contribution in [1.82, 2.24) is 0 Å². The number of aliphatic hydroxyl groups excluding tert-OH is 1. The summed E-state index contributed by atoms with van der Waals surface area (Å²) in [6, 6.07) is 9.48. The third kappa shape index (κ3) is 9.79. The number of hydrogen-bond acceptors (Lipinski definition) is 5. The second kappa shape index (κ2) is 14.4. The molecular formula is C28H40F2O5. The third-order valence-corrected chi connectivity index (χ3v) is 7.14. The van der Waals surface area contributed by atoms with Crippen molar-refractivity contribution in [2.45, 2.75) is 103 Å². The summed E-state index contributed by atoms with van der Waals surface area (Å²) in [4.78, 5) is 36.4. The number of carbonyl (C=O) groups excluding carboxylic acids is 3. The standard InChI is InChI=1S/C28H40F2O5/c1-3-20(2)18-28(29,30)26(33)16-15-23-22(24(31)17-25(23)32)13-9-4-5-10-14-27(34)35-19-21-11-7-6-8-12-21/h6-8,11-12,20,22-23,25,32H,3-5,9-10,13-19H2,1-2H3/t20-,22-,23-,25-/m1/s1. The molecule has 1 aliphatic rings. The van der Waals surface area contributed by atoms with Crippen LogP contribution in [-0.2, 0) is 25.7 Å². The van der Waals surface area contributed by atoms with Gasteiger partial charge in [0.2, 0.25) is 5.78 Å². The largest absolute Gasteiger partial charge is 0.461 e. The Kier molecular flexibility index (Phi) is 12.0. The van der Waals surface area contributed by atoms with Crippen molar-refractivity contribution >= 4 is 17.5 Å². The van der Waals surface area contributed by atoms with Crippen LogP contribution in [0.15, 0.2) is 30.3 Å². The fourth-order valence-electron chi connectivity index (χ4n) is 4.76. The maximum atomic E-state index is 14.2. The van der Waals surface area contributed by atoms with Crippen LogP contribution >= 0.6 is 0 Å². The Morgan fingerprint density at radius 1 is 1.09 bits per heavy atom. The summed E-state index contributed by atoms with van der Waals surface area (Å²) in [5.74, 6) is -5.83. The van der Waals surface area contributed by atoms with E-state index in [1.54, 1.807) is 6.92 Å². The highest BCUT2D eigenvalue weighted by Crippen LogP contribution is 2.37. The zero-order valence-electron chi connectivity index (χ0n) is 21.0. The van der Waals surface area contributed by atoms with Crippen LogP contribution in [0.25, 0.3) is 0 Å². The topological polar surface area (TPSA) is 80.7 Å². The van der Waals surface area contributed by atoms with Crippen LogP contribution in [0.4, 0.5) is 8.78 Å². The number of benzene rings is 1. The molecule has 1 aromatic rings. The molecular weight excluding hydrogens is 454 g/mol.